The summed E-state index contributed by atoms with van der Waals surface area (Å²) in [4.78, 5) is 26.5. The van der Waals surface area contributed by atoms with Gasteiger partial charge in [0.15, 0.2) is 0 Å². The van der Waals surface area contributed by atoms with Crippen LogP contribution in [0.25, 0.3) is 0 Å². The fourth-order valence-corrected chi connectivity index (χ4v) is 2.39. The van der Waals surface area contributed by atoms with Crippen LogP contribution in [0.2, 0.25) is 0 Å². The molecule has 5 nitrogen and oxygen atoms in total. The van der Waals surface area contributed by atoms with Crippen LogP contribution in [0, 0.1) is 0 Å². The van der Waals surface area contributed by atoms with E-state index in [4.69, 9.17) is 5.11 Å². The van der Waals surface area contributed by atoms with Crippen LogP contribution in [0.3, 0.4) is 0 Å². The van der Waals surface area contributed by atoms with Crippen LogP contribution in [-0.4, -0.2) is 48.6 Å². The molecule has 0 saturated carbocycles. The molecule has 0 atom stereocenters. The molecule has 0 aliphatic heterocycles. The highest BCUT2D eigenvalue weighted by molar-refractivity contribution is 7.12. The summed E-state index contributed by atoms with van der Waals surface area (Å²) >= 11 is 1.17. The molecule has 1 N–H and O–H groups in total. The molecule has 1 rings (SSSR count). The number of nitrogens with zero attached hydrogens (tertiary/aromatic N) is 2. The van der Waals surface area contributed by atoms with Gasteiger partial charge in [0.1, 0.15) is 4.88 Å². The summed E-state index contributed by atoms with van der Waals surface area (Å²) in [7, 11) is 1.79. The van der Waals surface area contributed by atoms with E-state index in [2.05, 4.69) is 0 Å². The summed E-state index contributed by atoms with van der Waals surface area (Å²) in [6.07, 6.45) is 0. The molecule has 0 aromatic carbocycles. The van der Waals surface area contributed by atoms with Gasteiger partial charge in [-0.25, -0.2) is 4.79 Å². The minimum absolute atomic E-state index is 0.0468. The lowest BCUT2D eigenvalue weighted by Gasteiger charge is -2.23. The molecule has 6 heteroatoms. The Morgan fingerprint density at radius 2 is 1.94 bits per heavy atom. The summed E-state index contributed by atoms with van der Waals surface area (Å²) in [5, 5.41) is 10.6. The van der Waals surface area contributed by atoms with Gasteiger partial charge in [-0.2, -0.15) is 0 Å². The fraction of sp³-hybridized carbons (Fsp3) is 0.500. The van der Waals surface area contributed by atoms with E-state index in [1.165, 1.54) is 11.3 Å². The average Bonchev–Trinajstić information content (AvgIpc) is 2.79. The number of likely N-dealkylation sites (N-methyl/N-ethyl adjacent to an activating group) is 2. The zero-order chi connectivity index (χ0) is 13.7. The number of hydrogen-bond acceptors (Lipinski definition) is 4. The quantitative estimate of drug-likeness (QED) is 0.855. The molecule has 1 aromatic heterocycles. The first-order valence-corrected chi connectivity index (χ1v) is 6.68. The normalized spacial score (nSPS) is 10.2. The number of carboxylic acid groups (broad SMARTS) is 1. The molecule has 1 amide bonds. The second kappa shape index (κ2) is 6.39. The van der Waals surface area contributed by atoms with Gasteiger partial charge in [0.2, 0.25) is 5.91 Å². The number of carbonyl (C=O) groups is 2. The highest BCUT2D eigenvalue weighted by atomic mass is 32.1. The third-order valence-corrected chi connectivity index (χ3v) is 3.63. The fourth-order valence-electron chi connectivity index (χ4n) is 1.61. The number of amides is 1. The zero-order valence-electron chi connectivity index (χ0n) is 10.8. The summed E-state index contributed by atoms with van der Waals surface area (Å²) in [6.45, 7) is 5.51. The Morgan fingerprint density at radius 1 is 1.33 bits per heavy atom. The largest absolute Gasteiger partial charge is 0.477 e. The van der Waals surface area contributed by atoms with Gasteiger partial charge in [-0.05, 0) is 19.9 Å². The molecule has 0 aliphatic rings. The van der Waals surface area contributed by atoms with Crippen molar-refractivity contribution in [2.75, 3.05) is 31.6 Å². The molecule has 1 heterocycles. The lowest BCUT2D eigenvalue weighted by molar-refractivity contribution is -0.129. The maximum absolute atomic E-state index is 11.9. The van der Waals surface area contributed by atoms with E-state index in [1.807, 2.05) is 13.8 Å². The standard InChI is InChI=1S/C12H18N2O3S/c1-4-14(5-2)11(15)7-13(3)9-6-10(12(16)17)18-8-9/h6,8H,4-5,7H2,1-3H3,(H,16,17). The third kappa shape index (κ3) is 3.46. The lowest BCUT2D eigenvalue weighted by Crippen LogP contribution is -2.38. The van der Waals surface area contributed by atoms with Gasteiger partial charge in [0, 0.05) is 31.2 Å². The van der Waals surface area contributed by atoms with Crippen molar-refractivity contribution in [1.29, 1.82) is 0 Å². The van der Waals surface area contributed by atoms with E-state index in [0.29, 0.717) is 13.1 Å². The monoisotopic (exact) mass is 270 g/mol. The molecule has 0 aliphatic carbocycles. The highest BCUT2D eigenvalue weighted by Crippen LogP contribution is 2.22. The van der Waals surface area contributed by atoms with Crippen LogP contribution < -0.4 is 4.90 Å². The van der Waals surface area contributed by atoms with Gasteiger partial charge >= 0.3 is 5.97 Å². The summed E-state index contributed by atoms with van der Waals surface area (Å²) in [5.41, 5.74) is 0.762. The molecule has 0 saturated heterocycles. The van der Waals surface area contributed by atoms with E-state index < -0.39 is 5.97 Å². The van der Waals surface area contributed by atoms with Gasteiger partial charge in [-0.3, -0.25) is 4.79 Å². The van der Waals surface area contributed by atoms with E-state index in [1.54, 1.807) is 28.3 Å². The third-order valence-electron chi connectivity index (χ3n) is 2.73. The topological polar surface area (TPSA) is 60.9 Å². The van der Waals surface area contributed by atoms with E-state index in [0.717, 1.165) is 5.69 Å². The summed E-state index contributed by atoms with van der Waals surface area (Å²) in [6, 6.07) is 1.59. The van der Waals surface area contributed by atoms with Gasteiger partial charge in [0.05, 0.1) is 6.54 Å². The van der Waals surface area contributed by atoms with Crippen molar-refractivity contribution in [3.05, 3.63) is 16.3 Å². The van der Waals surface area contributed by atoms with Crippen molar-refractivity contribution in [3.63, 3.8) is 0 Å². The number of rotatable bonds is 6. The molecule has 0 bridgehead atoms. The van der Waals surface area contributed by atoms with Crippen molar-refractivity contribution in [3.8, 4) is 0 Å². The zero-order valence-corrected chi connectivity index (χ0v) is 11.7. The summed E-state index contributed by atoms with van der Waals surface area (Å²) < 4.78 is 0. The maximum atomic E-state index is 11.9. The number of carbonyl (C=O) groups excluding carboxylic acids is 1. The maximum Gasteiger partial charge on any atom is 0.345 e. The van der Waals surface area contributed by atoms with Crippen LogP contribution in [0.4, 0.5) is 5.69 Å². The molecule has 1 aromatic rings. The predicted octanol–water partition coefficient (Wildman–Crippen LogP) is 1.75. The Balaban J connectivity index is 2.66. The van der Waals surface area contributed by atoms with Crippen molar-refractivity contribution in [1.82, 2.24) is 4.90 Å². The molecule has 0 spiro atoms. The Bertz CT molecular complexity index is 427. The van der Waals surface area contributed by atoms with Crippen molar-refractivity contribution >= 4 is 28.9 Å². The van der Waals surface area contributed by atoms with Gasteiger partial charge in [0.25, 0.3) is 0 Å². The molecule has 18 heavy (non-hydrogen) atoms. The van der Waals surface area contributed by atoms with Crippen LogP contribution in [0.5, 0.6) is 0 Å². The van der Waals surface area contributed by atoms with Crippen LogP contribution in [0.1, 0.15) is 23.5 Å². The molecule has 0 unspecified atom stereocenters. The predicted molar refractivity (Wildman–Crippen MR) is 72.5 cm³/mol. The first kappa shape index (κ1) is 14.5. The number of aromatic carboxylic acids is 1. The number of hydrogen-bond donors (Lipinski definition) is 1. The van der Waals surface area contributed by atoms with Crippen LogP contribution >= 0.6 is 11.3 Å². The van der Waals surface area contributed by atoms with Crippen molar-refractivity contribution < 1.29 is 14.7 Å². The minimum Gasteiger partial charge on any atom is -0.477 e. The summed E-state index contributed by atoms with van der Waals surface area (Å²) in [5.74, 6) is -0.889. The molecular weight excluding hydrogens is 252 g/mol. The molecule has 0 fully saturated rings. The first-order chi connectivity index (χ1) is 8.49. The Morgan fingerprint density at radius 3 is 2.39 bits per heavy atom. The van der Waals surface area contributed by atoms with Gasteiger partial charge < -0.3 is 14.9 Å². The smallest absolute Gasteiger partial charge is 0.345 e. The van der Waals surface area contributed by atoms with Gasteiger partial charge in [-0.15, -0.1) is 11.3 Å². The van der Waals surface area contributed by atoms with E-state index in [-0.39, 0.29) is 17.3 Å². The number of thiophene rings is 1. The second-order valence-corrected chi connectivity index (χ2v) is 4.81. The van der Waals surface area contributed by atoms with E-state index in [9.17, 15) is 9.59 Å². The Kier molecular flexibility index (Phi) is 5.15. The Hall–Kier alpha value is -1.56. The van der Waals surface area contributed by atoms with Crippen LogP contribution in [-0.2, 0) is 4.79 Å². The van der Waals surface area contributed by atoms with Crippen molar-refractivity contribution in [2.45, 2.75) is 13.8 Å². The molecule has 0 radical (unpaired) electrons. The first-order valence-electron chi connectivity index (χ1n) is 5.80. The van der Waals surface area contributed by atoms with Gasteiger partial charge in [-0.1, -0.05) is 0 Å². The highest BCUT2D eigenvalue weighted by Gasteiger charge is 2.15. The van der Waals surface area contributed by atoms with Crippen molar-refractivity contribution in [2.24, 2.45) is 0 Å². The second-order valence-electron chi connectivity index (χ2n) is 3.90. The Labute approximate surface area is 111 Å². The molecular formula is C12H18N2O3S. The lowest BCUT2D eigenvalue weighted by atomic mass is 10.3. The SMILES string of the molecule is CCN(CC)C(=O)CN(C)c1csc(C(=O)O)c1. The van der Waals surface area contributed by atoms with Crippen LogP contribution in [0.15, 0.2) is 11.4 Å². The molecule has 100 valence electrons. The number of carboxylic acids is 1. The van der Waals surface area contributed by atoms with E-state index >= 15 is 0 Å². The average molecular weight is 270 g/mol. The minimum atomic E-state index is -0.935. The number of anilines is 1.